The normalized spacial score (nSPS) is 13.1. The van der Waals surface area contributed by atoms with Crippen molar-refractivity contribution in [3.8, 4) is 0 Å². The lowest BCUT2D eigenvalue weighted by atomic mass is 9.86. The van der Waals surface area contributed by atoms with Gasteiger partial charge in [0.1, 0.15) is 0 Å². The van der Waals surface area contributed by atoms with Gasteiger partial charge in [-0.15, -0.1) is 11.3 Å². The number of aromatic nitrogens is 1. The number of hydrogen-bond acceptors (Lipinski definition) is 4. The molecule has 0 aliphatic carbocycles. The third kappa shape index (κ3) is 6.04. The zero-order valence-corrected chi connectivity index (χ0v) is 20.6. The van der Waals surface area contributed by atoms with Crippen LogP contribution in [0.15, 0.2) is 77.1 Å². The summed E-state index contributed by atoms with van der Waals surface area (Å²) in [5, 5.41) is 4.60. The first-order valence-electron chi connectivity index (χ1n) is 10.3. The molecule has 0 saturated carbocycles. The minimum absolute atomic E-state index is 0.00294. The zero-order valence-electron chi connectivity index (χ0n) is 17.4. The van der Waals surface area contributed by atoms with Crippen LogP contribution in [-0.4, -0.2) is 22.7 Å². The summed E-state index contributed by atoms with van der Waals surface area (Å²) in [4.78, 5) is 17.3. The molecular formula is C25H22Cl2N2OS2. The Kier molecular flexibility index (Phi) is 7.74. The van der Waals surface area contributed by atoms with Gasteiger partial charge in [0.25, 0.3) is 0 Å². The zero-order chi connectivity index (χ0) is 22.5. The van der Waals surface area contributed by atoms with Gasteiger partial charge in [0, 0.05) is 22.0 Å². The van der Waals surface area contributed by atoms with Gasteiger partial charge in [0.2, 0.25) is 5.91 Å². The number of halogens is 2. The van der Waals surface area contributed by atoms with Crippen LogP contribution in [0.1, 0.15) is 24.0 Å². The minimum atomic E-state index is -0.0599. The van der Waals surface area contributed by atoms with Gasteiger partial charge >= 0.3 is 0 Å². The van der Waals surface area contributed by atoms with Crippen LogP contribution < -0.4 is 5.32 Å². The van der Waals surface area contributed by atoms with Crippen LogP contribution >= 0.6 is 46.3 Å². The third-order valence-electron chi connectivity index (χ3n) is 5.26. The van der Waals surface area contributed by atoms with Crippen molar-refractivity contribution in [1.82, 2.24) is 10.3 Å². The van der Waals surface area contributed by atoms with Crippen molar-refractivity contribution in [2.24, 2.45) is 0 Å². The second-order valence-electron chi connectivity index (χ2n) is 7.58. The Labute approximate surface area is 206 Å². The topological polar surface area (TPSA) is 42.0 Å². The monoisotopic (exact) mass is 500 g/mol. The Morgan fingerprint density at radius 3 is 2.34 bits per heavy atom. The predicted molar refractivity (Wildman–Crippen MR) is 137 cm³/mol. The van der Waals surface area contributed by atoms with Crippen LogP contribution in [0, 0.1) is 0 Å². The summed E-state index contributed by atoms with van der Waals surface area (Å²) in [6.07, 6.45) is 0.783. The molecule has 7 heteroatoms. The fourth-order valence-corrected chi connectivity index (χ4v) is 5.74. The number of nitrogens with one attached hydrogen (secondary N) is 1. The molecule has 164 valence electrons. The second kappa shape index (κ2) is 10.7. The molecule has 0 fully saturated rings. The highest BCUT2D eigenvalue weighted by Gasteiger charge is 2.22. The Balaban J connectivity index is 1.43. The van der Waals surface area contributed by atoms with Crippen molar-refractivity contribution < 1.29 is 4.79 Å². The van der Waals surface area contributed by atoms with E-state index in [1.54, 1.807) is 11.3 Å². The van der Waals surface area contributed by atoms with Crippen molar-refractivity contribution >= 4 is 62.4 Å². The fraction of sp³-hybridized carbons (Fsp3) is 0.200. The molecule has 0 bridgehead atoms. The van der Waals surface area contributed by atoms with Gasteiger partial charge in [0.15, 0.2) is 4.34 Å². The van der Waals surface area contributed by atoms with E-state index < -0.39 is 0 Å². The van der Waals surface area contributed by atoms with Crippen molar-refractivity contribution in [2.75, 3.05) is 5.75 Å². The van der Waals surface area contributed by atoms with Crippen molar-refractivity contribution in [1.29, 1.82) is 0 Å². The Bertz CT molecular complexity index is 1160. The quantitative estimate of drug-likeness (QED) is 0.259. The van der Waals surface area contributed by atoms with Crippen molar-refractivity contribution in [2.45, 2.75) is 29.6 Å². The number of carbonyl (C=O) groups is 1. The molecule has 4 rings (SSSR count). The maximum absolute atomic E-state index is 12.7. The van der Waals surface area contributed by atoms with E-state index in [4.69, 9.17) is 23.2 Å². The van der Waals surface area contributed by atoms with Gasteiger partial charge in [-0.2, -0.15) is 0 Å². The Morgan fingerprint density at radius 1 is 1.00 bits per heavy atom. The number of benzene rings is 3. The van der Waals surface area contributed by atoms with E-state index >= 15 is 0 Å². The van der Waals surface area contributed by atoms with E-state index in [1.807, 2.05) is 72.8 Å². The molecule has 0 saturated heterocycles. The number of carbonyl (C=O) groups excluding carboxylic acids is 1. The largest absolute Gasteiger partial charge is 0.352 e. The molecule has 0 spiro atoms. The van der Waals surface area contributed by atoms with Crippen molar-refractivity contribution in [3.05, 3.63) is 94.0 Å². The van der Waals surface area contributed by atoms with Crippen LogP contribution in [0.4, 0.5) is 0 Å². The second-order valence-corrected chi connectivity index (χ2v) is 10.7. The Morgan fingerprint density at radius 2 is 1.66 bits per heavy atom. The number of amides is 1. The fourth-order valence-electron chi connectivity index (χ4n) is 3.60. The van der Waals surface area contributed by atoms with E-state index in [0.717, 1.165) is 26.5 Å². The molecule has 1 aromatic heterocycles. The summed E-state index contributed by atoms with van der Waals surface area (Å²) in [5.41, 5.74) is 3.27. The van der Waals surface area contributed by atoms with E-state index in [9.17, 15) is 4.79 Å². The molecule has 2 atom stereocenters. The van der Waals surface area contributed by atoms with Gasteiger partial charge < -0.3 is 5.32 Å². The number of hydrogen-bond donors (Lipinski definition) is 1. The first kappa shape index (κ1) is 23.1. The average Bonchev–Trinajstić information content (AvgIpc) is 3.21. The molecule has 3 nitrogen and oxygen atoms in total. The maximum Gasteiger partial charge on any atom is 0.230 e. The lowest BCUT2D eigenvalue weighted by molar-refractivity contribution is -0.119. The summed E-state index contributed by atoms with van der Waals surface area (Å²) < 4.78 is 2.04. The molecule has 1 heterocycles. The number of thioether (sulfide) groups is 1. The first-order valence-corrected chi connectivity index (χ1v) is 12.8. The van der Waals surface area contributed by atoms with Gasteiger partial charge in [0.05, 0.1) is 16.0 Å². The summed E-state index contributed by atoms with van der Waals surface area (Å²) >= 11 is 15.2. The number of para-hydroxylation sites is 1. The number of fused-ring (bicyclic) bond motifs is 1. The molecule has 1 N–H and O–H groups in total. The highest BCUT2D eigenvalue weighted by atomic mass is 35.5. The number of rotatable bonds is 8. The smallest absolute Gasteiger partial charge is 0.230 e. The number of thiazole rings is 1. The molecule has 4 aromatic rings. The highest BCUT2D eigenvalue weighted by molar-refractivity contribution is 8.01. The summed E-state index contributed by atoms with van der Waals surface area (Å²) in [7, 11) is 0. The molecule has 0 radical (unpaired) electrons. The van der Waals surface area contributed by atoms with Crippen LogP contribution in [0.3, 0.4) is 0 Å². The molecule has 1 amide bonds. The standard InChI is InChI=1S/C25H22Cl2N2OS2/c1-16(28-24(30)15-31-25-29-22-4-2-3-5-23(22)32-25)21(18-8-12-20(27)13-9-18)14-17-6-10-19(26)11-7-17/h2-13,16,21H,14-15H2,1H3,(H,28,30)/t16-,21+/m1/s1. The van der Waals surface area contributed by atoms with E-state index in [-0.39, 0.29) is 17.9 Å². The lowest BCUT2D eigenvalue weighted by Gasteiger charge is -2.26. The van der Waals surface area contributed by atoms with Crippen LogP contribution in [-0.2, 0) is 11.2 Å². The minimum Gasteiger partial charge on any atom is -0.352 e. The summed E-state index contributed by atoms with van der Waals surface area (Å²) in [6, 6.07) is 23.7. The molecule has 3 aromatic carbocycles. The molecule has 0 unspecified atom stereocenters. The summed E-state index contributed by atoms with van der Waals surface area (Å²) in [6.45, 7) is 2.05. The highest BCUT2D eigenvalue weighted by Crippen LogP contribution is 2.30. The first-order chi connectivity index (χ1) is 15.5. The van der Waals surface area contributed by atoms with Gasteiger partial charge in [-0.1, -0.05) is 71.4 Å². The van der Waals surface area contributed by atoms with Gasteiger partial charge in [-0.05, 0) is 60.9 Å². The van der Waals surface area contributed by atoms with E-state index in [2.05, 4.69) is 17.2 Å². The van der Waals surface area contributed by atoms with Gasteiger partial charge in [-0.25, -0.2) is 4.98 Å². The molecule has 0 aliphatic heterocycles. The lowest BCUT2D eigenvalue weighted by Crippen LogP contribution is -2.38. The average molecular weight is 502 g/mol. The van der Waals surface area contributed by atoms with E-state index in [0.29, 0.717) is 15.8 Å². The molecular weight excluding hydrogens is 479 g/mol. The van der Waals surface area contributed by atoms with Crippen LogP contribution in [0.2, 0.25) is 10.0 Å². The number of nitrogens with zero attached hydrogens (tertiary/aromatic N) is 1. The van der Waals surface area contributed by atoms with Crippen LogP contribution in [0.5, 0.6) is 0 Å². The summed E-state index contributed by atoms with van der Waals surface area (Å²) in [5.74, 6) is 0.431. The maximum atomic E-state index is 12.7. The van der Waals surface area contributed by atoms with Crippen molar-refractivity contribution in [3.63, 3.8) is 0 Å². The van der Waals surface area contributed by atoms with E-state index in [1.165, 1.54) is 17.3 Å². The Hall–Kier alpha value is -2.05. The SMILES string of the molecule is C[C@@H](NC(=O)CSc1nc2ccccc2s1)[C@H](Cc1ccc(Cl)cc1)c1ccc(Cl)cc1. The predicted octanol–water partition coefficient (Wildman–Crippen LogP) is 7.23. The van der Waals surface area contributed by atoms with Gasteiger partial charge in [-0.3, -0.25) is 4.79 Å². The molecule has 32 heavy (non-hydrogen) atoms. The molecule has 0 aliphatic rings. The van der Waals surface area contributed by atoms with Crippen LogP contribution in [0.25, 0.3) is 10.2 Å². The third-order valence-corrected chi connectivity index (χ3v) is 7.94.